The lowest BCUT2D eigenvalue weighted by Crippen LogP contribution is -2.43. The van der Waals surface area contributed by atoms with Crippen molar-refractivity contribution in [2.45, 2.75) is 38.0 Å². The van der Waals surface area contributed by atoms with E-state index in [1.807, 2.05) is 7.05 Å². The molecule has 1 heterocycles. The van der Waals surface area contributed by atoms with E-state index in [1.54, 1.807) is 0 Å². The fourth-order valence-electron chi connectivity index (χ4n) is 3.82. The number of nitrogens with one attached hydrogen (secondary N) is 2. The van der Waals surface area contributed by atoms with Crippen molar-refractivity contribution < 1.29 is 0 Å². The molecule has 1 aliphatic heterocycles. The molecule has 2 fully saturated rings. The van der Waals surface area contributed by atoms with Crippen molar-refractivity contribution in [3.05, 3.63) is 35.9 Å². The van der Waals surface area contributed by atoms with Gasteiger partial charge in [-0.05, 0) is 50.3 Å². The zero-order valence-corrected chi connectivity index (χ0v) is 18.0. The van der Waals surface area contributed by atoms with Crippen LogP contribution in [0.1, 0.15) is 38.2 Å². The predicted molar refractivity (Wildman–Crippen MR) is 117 cm³/mol. The van der Waals surface area contributed by atoms with Gasteiger partial charge in [0.05, 0.1) is 0 Å². The second kappa shape index (κ2) is 9.76. The Bertz CT molecular complexity index is 542. The summed E-state index contributed by atoms with van der Waals surface area (Å²) < 4.78 is 0. The van der Waals surface area contributed by atoms with E-state index in [0.29, 0.717) is 5.41 Å². The molecule has 4 nitrogen and oxygen atoms in total. The van der Waals surface area contributed by atoms with Gasteiger partial charge >= 0.3 is 0 Å². The van der Waals surface area contributed by atoms with Gasteiger partial charge in [-0.3, -0.25) is 4.99 Å². The van der Waals surface area contributed by atoms with E-state index >= 15 is 0 Å². The second-order valence-corrected chi connectivity index (χ2v) is 7.41. The molecule has 0 amide bonds. The molecule has 1 saturated heterocycles. The first-order chi connectivity index (χ1) is 11.8. The highest BCUT2D eigenvalue weighted by Gasteiger charge is 2.44. The van der Waals surface area contributed by atoms with Gasteiger partial charge in [0.15, 0.2) is 5.96 Å². The molecular formula is C20H33IN4. The Morgan fingerprint density at radius 1 is 1.24 bits per heavy atom. The SMILES string of the molecule is CCCN1CCC(CNC(=NC)NCC2(c3ccccc3)CC2)C1.I. The third-order valence-corrected chi connectivity index (χ3v) is 5.53. The number of guanidine groups is 1. The van der Waals surface area contributed by atoms with E-state index in [2.05, 4.69) is 57.8 Å². The number of hydrogen-bond acceptors (Lipinski definition) is 2. The van der Waals surface area contributed by atoms with Crippen molar-refractivity contribution in [2.75, 3.05) is 39.8 Å². The zero-order chi connectivity index (χ0) is 16.8. The second-order valence-electron chi connectivity index (χ2n) is 7.41. The minimum absolute atomic E-state index is 0. The summed E-state index contributed by atoms with van der Waals surface area (Å²) in [6, 6.07) is 10.9. The average Bonchev–Trinajstić information content (AvgIpc) is 3.29. The van der Waals surface area contributed by atoms with Gasteiger partial charge in [-0.25, -0.2) is 0 Å². The molecule has 1 unspecified atom stereocenters. The summed E-state index contributed by atoms with van der Waals surface area (Å²) in [5, 5.41) is 7.09. The van der Waals surface area contributed by atoms with Gasteiger partial charge in [0.25, 0.3) is 0 Å². The van der Waals surface area contributed by atoms with Crippen molar-refractivity contribution in [2.24, 2.45) is 10.9 Å². The fourth-order valence-corrected chi connectivity index (χ4v) is 3.82. The molecule has 25 heavy (non-hydrogen) atoms. The van der Waals surface area contributed by atoms with Gasteiger partial charge in [-0.15, -0.1) is 24.0 Å². The molecule has 1 saturated carbocycles. The minimum Gasteiger partial charge on any atom is -0.356 e. The maximum atomic E-state index is 4.41. The van der Waals surface area contributed by atoms with Crippen LogP contribution in [0.15, 0.2) is 35.3 Å². The van der Waals surface area contributed by atoms with E-state index in [4.69, 9.17) is 0 Å². The summed E-state index contributed by atoms with van der Waals surface area (Å²) in [7, 11) is 1.87. The van der Waals surface area contributed by atoms with Crippen LogP contribution >= 0.6 is 24.0 Å². The number of aliphatic imine (C=N–C) groups is 1. The Morgan fingerprint density at radius 2 is 2.00 bits per heavy atom. The van der Waals surface area contributed by atoms with Gasteiger partial charge in [0, 0.05) is 32.1 Å². The molecule has 1 atom stereocenters. The maximum absolute atomic E-state index is 4.41. The molecule has 2 N–H and O–H groups in total. The van der Waals surface area contributed by atoms with Crippen molar-refractivity contribution in [1.82, 2.24) is 15.5 Å². The number of likely N-dealkylation sites (tertiary alicyclic amines) is 1. The molecule has 0 bridgehead atoms. The summed E-state index contributed by atoms with van der Waals surface area (Å²) >= 11 is 0. The van der Waals surface area contributed by atoms with E-state index in [1.165, 1.54) is 50.9 Å². The molecule has 1 aliphatic carbocycles. The lowest BCUT2D eigenvalue weighted by molar-refractivity contribution is 0.324. The predicted octanol–water partition coefficient (Wildman–Crippen LogP) is 3.23. The Balaban J connectivity index is 0.00000225. The highest BCUT2D eigenvalue weighted by Crippen LogP contribution is 2.47. The van der Waals surface area contributed by atoms with E-state index < -0.39 is 0 Å². The molecule has 0 radical (unpaired) electrons. The number of benzene rings is 1. The Morgan fingerprint density at radius 3 is 2.64 bits per heavy atom. The van der Waals surface area contributed by atoms with Gasteiger partial charge in [0.1, 0.15) is 0 Å². The molecule has 3 rings (SSSR count). The van der Waals surface area contributed by atoms with Crippen LogP contribution in [0.4, 0.5) is 0 Å². The topological polar surface area (TPSA) is 39.7 Å². The third kappa shape index (κ3) is 5.58. The van der Waals surface area contributed by atoms with E-state index in [-0.39, 0.29) is 24.0 Å². The normalized spacial score (nSPS) is 22.3. The summed E-state index contributed by atoms with van der Waals surface area (Å²) in [5.41, 5.74) is 1.78. The summed E-state index contributed by atoms with van der Waals surface area (Å²) in [6.45, 7) is 7.98. The minimum atomic E-state index is 0. The molecule has 0 spiro atoms. The summed E-state index contributed by atoms with van der Waals surface area (Å²) in [4.78, 5) is 6.99. The van der Waals surface area contributed by atoms with Crippen LogP contribution in [0.25, 0.3) is 0 Å². The molecule has 1 aromatic rings. The summed E-state index contributed by atoms with van der Waals surface area (Å²) in [5.74, 6) is 1.70. The maximum Gasteiger partial charge on any atom is 0.191 e. The van der Waals surface area contributed by atoms with Crippen molar-refractivity contribution in [1.29, 1.82) is 0 Å². The monoisotopic (exact) mass is 456 g/mol. The Hall–Kier alpha value is -0.820. The van der Waals surface area contributed by atoms with Crippen molar-refractivity contribution >= 4 is 29.9 Å². The standard InChI is InChI=1S/C20H32N4.HI/c1-3-12-24-13-9-17(15-24)14-22-19(21-2)23-16-20(10-11-20)18-7-5-4-6-8-18;/h4-8,17H,3,9-16H2,1-2H3,(H2,21,22,23);1H. The average molecular weight is 456 g/mol. The highest BCUT2D eigenvalue weighted by atomic mass is 127. The lowest BCUT2D eigenvalue weighted by Gasteiger charge is -2.20. The quantitative estimate of drug-likeness (QED) is 0.376. The lowest BCUT2D eigenvalue weighted by atomic mass is 9.96. The van der Waals surface area contributed by atoms with Gasteiger partial charge in [-0.2, -0.15) is 0 Å². The number of rotatable bonds is 7. The molecular weight excluding hydrogens is 423 g/mol. The highest BCUT2D eigenvalue weighted by molar-refractivity contribution is 14.0. The fraction of sp³-hybridized carbons (Fsp3) is 0.650. The van der Waals surface area contributed by atoms with Gasteiger partial charge < -0.3 is 15.5 Å². The zero-order valence-electron chi connectivity index (χ0n) is 15.6. The largest absolute Gasteiger partial charge is 0.356 e. The van der Waals surface area contributed by atoms with E-state index in [0.717, 1.165) is 25.0 Å². The molecule has 1 aromatic carbocycles. The van der Waals surface area contributed by atoms with Crippen molar-refractivity contribution in [3.8, 4) is 0 Å². The molecule has 5 heteroatoms. The first-order valence-corrected chi connectivity index (χ1v) is 9.48. The third-order valence-electron chi connectivity index (χ3n) is 5.53. The molecule has 0 aromatic heterocycles. The molecule has 2 aliphatic rings. The number of nitrogens with zero attached hydrogens (tertiary/aromatic N) is 2. The van der Waals surface area contributed by atoms with Crippen LogP contribution in [-0.4, -0.2) is 50.6 Å². The Kier molecular flexibility index (Phi) is 8.00. The number of halogens is 1. The first-order valence-electron chi connectivity index (χ1n) is 9.48. The number of hydrogen-bond donors (Lipinski definition) is 2. The smallest absolute Gasteiger partial charge is 0.191 e. The van der Waals surface area contributed by atoms with Crippen LogP contribution in [-0.2, 0) is 5.41 Å². The van der Waals surface area contributed by atoms with Gasteiger partial charge in [0.2, 0.25) is 0 Å². The van der Waals surface area contributed by atoms with Gasteiger partial charge in [-0.1, -0.05) is 37.3 Å². The van der Waals surface area contributed by atoms with Crippen LogP contribution in [0.2, 0.25) is 0 Å². The molecule has 140 valence electrons. The Labute approximate surface area is 169 Å². The van der Waals surface area contributed by atoms with Crippen LogP contribution in [0.3, 0.4) is 0 Å². The summed E-state index contributed by atoms with van der Waals surface area (Å²) in [6.07, 6.45) is 5.11. The van der Waals surface area contributed by atoms with Crippen LogP contribution < -0.4 is 10.6 Å². The van der Waals surface area contributed by atoms with Crippen LogP contribution in [0.5, 0.6) is 0 Å². The first kappa shape index (κ1) is 20.5. The van der Waals surface area contributed by atoms with Crippen LogP contribution in [0, 0.1) is 5.92 Å². The van der Waals surface area contributed by atoms with E-state index in [9.17, 15) is 0 Å². The van der Waals surface area contributed by atoms with Crippen molar-refractivity contribution in [3.63, 3.8) is 0 Å².